The predicted octanol–water partition coefficient (Wildman–Crippen LogP) is 2.32. The quantitative estimate of drug-likeness (QED) is 0.286. The second-order valence-electron chi connectivity index (χ2n) is 2.38. The Morgan fingerprint density at radius 2 is 1.93 bits per heavy atom. The number of halogens is 2. The van der Waals surface area contributed by atoms with Crippen LogP contribution in [0.25, 0.3) is 0 Å². The van der Waals surface area contributed by atoms with Crippen LogP contribution in [0.5, 0.6) is 5.75 Å². The van der Waals surface area contributed by atoms with Gasteiger partial charge >= 0.3 is 11.2 Å². The van der Waals surface area contributed by atoms with Crippen LogP contribution < -0.4 is 4.74 Å². The number of hydrogen-bond acceptors (Lipinski definition) is 5. The number of rotatable bonds is 4. The van der Waals surface area contributed by atoms with Gasteiger partial charge in [0.15, 0.2) is 0 Å². The van der Waals surface area contributed by atoms with Crippen molar-refractivity contribution in [3.63, 3.8) is 0 Å². The van der Waals surface area contributed by atoms with Crippen molar-refractivity contribution in [1.29, 1.82) is 0 Å². The van der Waals surface area contributed by atoms with Crippen LogP contribution in [0.4, 0.5) is 8.78 Å². The van der Waals surface area contributed by atoms with Crippen molar-refractivity contribution in [2.24, 2.45) is 0 Å². The van der Waals surface area contributed by atoms with Gasteiger partial charge in [0.05, 0.1) is 0 Å². The van der Waals surface area contributed by atoms with Crippen molar-refractivity contribution in [2.45, 2.75) is 5.25 Å². The minimum atomic E-state index is -3.95. The lowest BCUT2D eigenvalue weighted by Crippen LogP contribution is -2.29. The van der Waals surface area contributed by atoms with Crippen LogP contribution in [-0.4, -0.2) is 16.5 Å². The third kappa shape index (κ3) is 3.46. The molecule has 0 aliphatic rings. The molecule has 0 atom stereocenters. The number of carbonyl (C=O) groups is 1. The number of esters is 1. The fourth-order valence-corrected chi connectivity index (χ4v) is 0.939. The summed E-state index contributed by atoms with van der Waals surface area (Å²) in [5.41, 5.74) is 0. The summed E-state index contributed by atoms with van der Waals surface area (Å²) in [6.07, 6.45) is 0. The van der Waals surface area contributed by atoms with Gasteiger partial charge in [-0.05, 0) is 12.1 Å². The Hall–Kier alpha value is -1.18. The first-order valence-electron chi connectivity index (χ1n) is 3.70. The molecule has 0 radical (unpaired) electrons. The third-order valence-corrected chi connectivity index (χ3v) is 1.78. The standard InChI is InChI=1S/C8H6F2O4S/c9-8(10,15-14-12)7(11)13-6-4-2-1-3-5-6/h1-5,12H. The van der Waals surface area contributed by atoms with Gasteiger partial charge in [-0.3, -0.25) is 0 Å². The zero-order valence-corrected chi connectivity index (χ0v) is 8.04. The summed E-state index contributed by atoms with van der Waals surface area (Å²) >= 11 is -0.691. The van der Waals surface area contributed by atoms with E-state index < -0.39 is 23.3 Å². The largest absolute Gasteiger partial charge is 0.421 e. The molecule has 0 aliphatic carbocycles. The van der Waals surface area contributed by atoms with Gasteiger partial charge in [0.1, 0.15) is 17.8 Å². The van der Waals surface area contributed by atoms with Gasteiger partial charge in [-0.15, -0.1) is 0 Å². The summed E-state index contributed by atoms with van der Waals surface area (Å²) < 4.78 is 32.9. The normalized spacial score (nSPS) is 11.1. The SMILES string of the molecule is O=C(Oc1ccccc1)C(F)(F)SOO. The first-order chi connectivity index (χ1) is 7.06. The molecular formula is C8H6F2O4S. The van der Waals surface area contributed by atoms with Crippen LogP contribution in [0, 0.1) is 0 Å². The van der Waals surface area contributed by atoms with E-state index in [9.17, 15) is 13.6 Å². The third-order valence-electron chi connectivity index (χ3n) is 1.33. The Bertz CT molecular complexity index is 331. The maximum atomic E-state index is 12.7. The monoisotopic (exact) mass is 236 g/mol. The molecule has 0 aliphatic heterocycles. The molecule has 0 fully saturated rings. The maximum Gasteiger partial charge on any atom is 0.416 e. The lowest BCUT2D eigenvalue weighted by Gasteiger charge is -2.11. The van der Waals surface area contributed by atoms with E-state index in [1.807, 2.05) is 0 Å². The molecule has 0 bridgehead atoms. The van der Waals surface area contributed by atoms with E-state index in [-0.39, 0.29) is 5.75 Å². The molecule has 82 valence electrons. The number of hydrogen-bond donors (Lipinski definition) is 1. The summed E-state index contributed by atoms with van der Waals surface area (Å²) in [6.45, 7) is 0. The number of benzene rings is 1. The highest BCUT2D eigenvalue weighted by Crippen LogP contribution is 2.30. The lowest BCUT2D eigenvalue weighted by molar-refractivity contribution is -0.156. The van der Waals surface area contributed by atoms with E-state index in [4.69, 9.17) is 5.26 Å². The molecular weight excluding hydrogens is 230 g/mol. The van der Waals surface area contributed by atoms with Gasteiger partial charge in [-0.25, -0.2) is 10.1 Å². The van der Waals surface area contributed by atoms with Crippen molar-refractivity contribution in [3.8, 4) is 5.75 Å². The van der Waals surface area contributed by atoms with Gasteiger partial charge in [0.2, 0.25) is 0 Å². The Kier molecular flexibility index (Phi) is 4.01. The zero-order chi connectivity index (χ0) is 11.3. The fourth-order valence-electron chi connectivity index (χ4n) is 0.736. The molecule has 4 nitrogen and oxygen atoms in total. The Morgan fingerprint density at radius 1 is 1.33 bits per heavy atom. The van der Waals surface area contributed by atoms with Gasteiger partial charge in [0, 0.05) is 0 Å². The first-order valence-corrected chi connectivity index (χ1v) is 4.45. The molecule has 0 aromatic heterocycles. The van der Waals surface area contributed by atoms with Crippen LogP contribution >= 0.6 is 12.0 Å². The Labute approximate surface area is 87.9 Å². The molecule has 15 heavy (non-hydrogen) atoms. The van der Waals surface area contributed by atoms with Crippen LogP contribution in [0.3, 0.4) is 0 Å². The summed E-state index contributed by atoms with van der Waals surface area (Å²) in [5.74, 6) is -1.83. The zero-order valence-electron chi connectivity index (χ0n) is 7.22. The highest BCUT2D eigenvalue weighted by atomic mass is 32.2. The maximum absolute atomic E-state index is 12.7. The van der Waals surface area contributed by atoms with Crippen molar-refractivity contribution in [2.75, 3.05) is 0 Å². The number of para-hydroxylation sites is 1. The Balaban J connectivity index is 2.63. The molecule has 1 N–H and O–H groups in total. The average molecular weight is 236 g/mol. The molecule has 0 saturated carbocycles. The van der Waals surface area contributed by atoms with Crippen molar-refractivity contribution >= 4 is 18.0 Å². The molecule has 1 aromatic carbocycles. The molecule has 1 aromatic rings. The number of ether oxygens (including phenoxy) is 1. The predicted molar refractivity (Wildman–Crippen MR) is 48.3 cm³/mol. The van der Waals surface area contributed by atoms with E-state index >= 15 is 0 Å². The smallest absolute Gasteiger partial charge is 0.416 e. The topological polar surface area (TPSA) is 55.8 Å². The second-order valence-corrected chi connectivity index (χ2v) is 3.21. The van der Waals surface area contributed by atoms with Crippen molar-refractivity contribution in [1.82, 2.24) is 0 Å². The van der Waals surface area contributed by atoms with Crippen LogP contribution in [0.15, 0.2) is 30.3 Å². The fraction of sp³-hybridized carbons (Fsp3) is 0.125. The van der Waals surface area contributed by atoms with Crippen LogP contribution in [0.1, 0.15) is 0 Å². The minimum Gasteiger partial charge on any atom is -0.421 e. The Morgan fingerprint density at radius 3 is 2.47 bits per heavy atom. The highest BCUT2D eigenvalue weighted by Gasteiger charge is 2.44. The summed E-state index contributed by atoms with van der Waals surface area (Å²) in [6, 6.07) is 7.38. The van der Waals surface area contributed by atoms with Crippen LogP contribution in [0.2, 0.25) is 0 Å². The highest BCUT2D eigenvalue weighted by molar-refractivity contribution is 7.96. The summed E-state index contributed by atoms with van der Waals surface area (Å²) in [4.78, 5) is 10.8. The van der Waals surface area contributed by atoms with E-state index in [1.165, 1.54) is 24.3 Å². The number of alkyl halides is 2. The van der Waals surface area contributed by atoms with E-state index in [0.29, 0.717) is 0 Å². The van der Waals surface area contributed by atoms with Crippen molar-refractivity contribution in [3.05, 3.63) is 30.3 Å². The van der Waals surface area contributed by atoms with Gasteiger partial charge < -0.3 is 4.74 Å². The number of carbonyl (C=O) groups excluding carboxylic acids is 1. The second kappa shape index (κ2) is 5.06. The lowest BCUT2D eigenvalue weighted by atomic mass is 10.3. The molecule has 0 unspecified atom stereocenters. The van der Waals surface area contributed by atoms with Gasteiger partial charge in [0.25, 0.3) is 0 Å². The first kappa shape index (κ1) is 11.9. The van der Waals surface area contributed by atoms with E-state index in [0.717, 1.165) is 0 Å². The molecule has 0 amide bonds. The minimum absolute atomic E-state index is 0.0132. The molecule has 0 saturated heterocycles. The molecule has 7 heteroatoms. The summed E-state index contributed by atoms with van der Waals surface area (Å²) in [7, 11) is 0. The summed E-state index contributed by atoms with van der Waals surface area (Å²) in [5, 5.41) is 3.84. The molecule has 0 spiro atoms. The van der Waals surface area contributed by atoms with Gasteiger partial charge in [-0.2, -0.15) is 13.1 Å². The van der Waals surface area contributed by atoms with Crippen molar-refractivity contribution < 1.29 is 27.9 Å². The molecule has 0 heterocycles. The molecule has 1 rings (SSSR count). The van der Waals surface area contributed by atoms with E-state index in [2.05, 4.69) is 9.07 Å². The van der Waals surface area contributed by atoms with Gasteiger partial charge in [-0.1, -0.05) is 18.2 Å². The van der Waals surface area contributed by atoms with E-state index in [1.54, 1.807) is 6.07 Å². The average Bonchev–Trinajstić information content (AvgIpc) is 2.19. The van der Waals surface area contributed by atoms with Crippen LogP contribution in [-0.2, 0) is 9.13 Å².